The Hall–Kier alpha value is -0.860. The van der Waals surface area contributed by atoms with Gasteiger partial charge < -0.3 is 4.90 Å². The zero-order valence-electron chi connectivity index (χ0n) is 8.95. The number of rotatable bonds is 3. The van der Waals surface area contributed by atoms with Gasteiger partial charge in [0.25, 0.3) is 0 Å². The van der Waals surface area contributed by atoms with Gasteiger partial charge in [0.15, 0.2) is 0 Å². The minimum Gasteiger partial charge on any atom is -0.341 e. The van der Waals surface area contributed by atoms with Crippen molar-refractivity contribution in [3.8, 4) is 0 Å². The van der Waals surface area contributed by atoms with Crippen LogP contribution in [0, 0.1) is 5.41 Å². The predicted octanol–water partition coefficient (Wildman–Crippen LogP) is 1.52. The Morgan fingerprint density at radius 3 is 2.64 bits per heavy atom. The summed E-state index contributed by atoms with van der Waals surface area (Å²) < 4.78 is 0. The molecule has 1 rings (SSSR count). The molecule has 0 aliphatic carbocycles. The van der Waals surface area contributed by atoms with Crippen molar-refractivity contribution in [2.45, 2.75) is 45.6 Å². The molecule has 0 aromatic rings. The molecule has 1 fully saturated rings. The van der Waals surface area contributed by atoms with E-state index in [1.165, 1.54) is 0 Å². The smallest absolute Gasteiger partial charge is 0.209 e. The van der Waals surface area contributed by atoms with Crippen LogP contribution in [0.2, 0.25) is 0 Å². The molecule has 1 amide bonds. The van der Waals surface area contributed by atoms with Crippen molar-refractivity contribution in [3.05, 3.63) is 0 Å². The van der Waals surface area contributed by atoms with Crippen LogP contribution in [0.3, 0.4) is 0 Å². The van der Waals surface area contributed by atoms with E-state index >= 15 is 0 Å². The summed E-state index contributed by atoms with van der Waals surface area (Å²) in [5.41, 5.74) is -0.536. The molecule has 1 aliphatic heterocycles. The minimum absolute atomic E-state index is 0.0278. The maximum Gasteiger partial charge on any atom is 0.209 e. The average Bonchev–Trinajstić information content (AvgIpc) is 2.42. The first kappa shape index (κ1) is 11.2. The number of hydrogen-bond acceptors (Lipinski definition) is 2. The summed E-state index contributed by atoms with van der Waals surface area (Å²) in [6.07, 6.45) is 7.13. The summed E-state index contributed by atoms with van der Waals surface area (Å²) in [7, 11) is 0. The topological polar surface area (TPSA) is 37.4 Å². The van der Waals surface area contributed by atoms with Gasteiger partial charge in [-0.25, -0.2) is 0 Å². The minimum atomic E-state index is -0.536. The molecule has 0 spiro atoms. The van der Waals surface area contributed by atoms with Crippen molar-refractivity contribution in [2.75, 3.05) is 6.54 Å². The Morgan fingerprint density at radius 2 is 2.07 bits per heavy atom. The van der Waals surface area contributed by atoms with Crippen LogP contribution < -0.4 is 0 Å². The molecule has 1 radical (unpaired) electrons. The van der Waals surface area contributed by atoms with E-state index in [4.69, 9.17) is 0 Å². The van der Waals surface area contributed by atoms with Gasteiger partial charge in [0.2, 0.25) is 12.7 Å². The molecule has 14 heavy (non-hydrogen) atoms. The molecular weight excluding hydrogens is 178 g/mol. The van der Waals surface area contributed by atoms with Gasteiger partial charge in [-0.05, 0) is 12.8 Å². The summed E-state index contributed by atoms with van der Waals surface area (Å²) in [4.78, 5) is 23.5. The van der Waals surface area contributed by atoms with Crippen molar-refractivity contribution in [3.63, 3.8) is 0 Å². The molecule has 0 saturated carbocycles. The SMILES string of the molecule is CC(C)([C]=O)C1CCCCCN1C=O. The monoisotopic (exact) mass is 196 g/mol. The average molecular weight is 196 g/mol. The summed E-state index contributed by atoms with van der Waals surface area (Å²) in [5, 5.41) is 0. The quantitative estimate of drug-likeness (QED) is 0.642. The standard InChI is InChI=1S/C11H18NO2/c1-11(2,8-13)10-6-4-3-5-7-12(10)9-14/h9-10H,3-7H2,1-2H3. The van der Waals surface area contributed by atoms with Gasteiger partial charge in [-0.2, -0.15) is 0 Å². The lowest BCUT2D eigenvalue weighted by Crippen LogP contribution is -2.45. The van der Waals surface area contributed by atoms with E-state index in [1.807, 2.05) is 13.8 Å². The summed E-state index contributed by atoms with van der Waals surface area (Å²) >= 11 is 0. The number of carbonyl (C=O) groups excluding carboxylic acids is 2. The van der Waals surface area contributed by atoms with E-state index in [-0.39, 0.29) is 6.04 Å². The van der Waals surface area contributed by atoms with Crippen LogP contribution in [-0.2, 0) is 9.59 Å². The van der Waals surface area contributed by atoms with Gasteiger partial charge >= 0.3 is 0 Å². The molecule has 79 valence electrons. The molecule has 0 aromatic carbocycles. The summed E-state index contributed by atoms with van der Waals surface area (Å²) in [5.74, 6) is 0. The van der Waals surface area contributed by atoms with Crippen LogP contribution >= 0.6 is 0 Å². The number of nitrogens with zero attached hydrogens (tertiary/aromatic N) is 1. The second kappa shape index (κ2) is 4.58. The highest BCUT2D eigenvalue weighted by Crippen LogP contribution is 2.29. The first-order valence-electron chi connectivity index (χ1n) is 5.22. The molecule has 3 heteroatoms. The van der Waals surface area contributed by atoms with Crippen molar-refractivity contribution in [1.29, 1.82) is 0 Å². The maximum atomic E-state index is 10.9. The highest BCUT2D eigenvalue weighted by molar-refractivity contribution is 5.62. The fraction of sp³-hybridized carbons (Fsp3) is 0.818. The largest absolute Gasteiger partial charge is 0.341 e. The van der Waals surface area contributed by atoms with Gasteiger partial charge in [-0.3, -0.25) is 9.59 Å². The van der Waals surface area contributed by atoms with Gasteiger partial charge in [0, 0.05) is 12.6 Å². The third kappa shape index (κ3) is 2.34. The second-order valence-corrected chi connectivity index (χ2v) is 4.53. The first-order valence-corrected chi connectivity index (χ1v) is 5.22. The number of likely N-dealkylation sites (tertiary alicyclic amines) is 1. The molecule has 0 aromatic heterocycles. The predicted molar refractivity (Wildman–Crippen MR) is 54.5 cm³/mol. The Labute approximate surface area is 85.5 Å². The number of amides is 1. The molecule has 3 nitrogen and oxygen atoms in total. The van der Waals surface area contributed by atoms with Crippen molar-refractivity contribution in [2.24, 2.45) is 5.41 Å². The van der Waals surface area contributed by atoms with Crippen molar-refractivity contribution in [1.82, 2.24) is 4.90 Å². The van der Waals surface area contributed by atoms with E-state index in [1.54, 1.807) is 4.90 Å². The van der Waals surface area contributed by atoms with Crippen LogP contribution in [0.5, 0.6) is 0 Å². The zero-order chi connectivity index (χ0) is 10.6. The van der Waals surface area contributed by atoms with Gasteiger partial charge in [0.1, 0.15) is 0 Å². The van der Waals surface area contributed by atoms with Gasteiger partial charge in [-0.1, -0.05) is 26.7 Å². The van der Waals surface area contributed by atoms with Crippen LogP contribution in [0.4, 0.5) is 0 Å². The lowest BCUT2D eigenvalue weighted by atomic mass is 9.83. The van der Waals surface area contributed by atoms with E-state index in [9.17, 15) is 9.59 Å². The number of carbonyl (C=O) groups is 1. The fourth-order valence-electron chi connectivity index (χ4n) is 2.10. The van der Waals surface area contributed by atoms with Crippen LogP contribution in [0.1, 0.15) is 39.5 Å². The summed E-state index contributed by atoms with van der Waals surface area (Å²) in [6, 6.07) is 0.0278. The molecule has 1 saturated heterocycles. The highest BCUT2D eigenvalue weighted by Gasteiger charge is 2.34. The Balaban J connectivity index is 2.79. The lowest BCUT2D eigenvalue weighted by molar-refractivity contribution is -0.121. The van der Waals surface area contributed by atoms with E-state index in [0.717, 1.165) is 38.6 Å². The molecule has 0 N–H and O–H groups in total. The maximum absolute atomic E-state index is 10.9. The van der Waals surface area contributed by atoms with Crippen molar-refractivity contribution < 1.29 is 9.59 Å². The zero-order valence-corrected chi connectivity index (χ0v) is 8.95. The van der Waals surface area contributed by atoms with Crippen LogP contribution in [0.25, 0.3) is 0 Å². The third-order valence-corrected chi connectivity index (χ3v) is 3.03. The molecule has 0 bridgehead atoms. The Morgan fingerprint density at radius 1 is 1.36 bits per heavy atom. The molecule has 1 unspecified atom stereocenters. The third-order valence-electron chi connectivity index (χ3n) is 3.03. The summed E-state index contributed by atoms with van der Waals surface area (Å²) in [6.45, 7) is 4.48. The first-order chi connectivity index (χ1) is 6.61. The lowest BCUT2D eigenvalue weighted by Gasteiger charge is -2.35. The molecule has 1 heterocycles. The second-order valence-electron chi connectivity index (χ2n) is 4.53. The number of hydrogen-bond donors (Lipinski definition) is 0. The van der Waals surface area contributed by atoms with E-state index in [2.05, 4.69) is 6.29 Å². The molecule has 1 aliphatic rings. The van der Waals surface area contributed by atoms with E-state index in [0.29, 0.717) is 0 Å². The normalized spacial score (nSPS) is 24.1. The van der Waals surface area contributed by atoms with Crippen molar-refractivity contribution >= 4 is 12.7 Å². The van der Waals surface area contributed by atoms with Crippen LogP contribution in [-0.4, -0.2) is 30.2 Å². The van der Waals surface area contributed by atoms with Gasteiger partial charge in [0.05, 0.1) is 5.41 Å². The van der Waals surface area contributed by atoms with Gasteiger partial charge in [-0.15, -0.1) is 0 Å². The highest BCUT2D eigenvalue weighted by atomic mass is 16.1. The Kier molecular flexibility index (Phi) is 3.67. The van der Waals surface area contributed by atoms with Crippen LogP contribution in [0.15, 0.2) is 0 Å². The van der Waals surface area contributed by atoms with E-state index < -0.39 is 5.41 Å². The Bertz CT molecular complexity index is 213. The fourth-order valence-corrected chi connectivity index (χ4v) is 2.10. The molecular formula is C11H18NO2. The molecule has 1 atom stereocenters.